The second-order valence-corrected chi connectivity index (χ2v) is 6.66. The van der Waals surface area contributed by atoms with E-state index in [4.69, 9.17) is 4.74 Å². The maximum atomic E-state index is 5.23. The Morgan fingerprint density at radius 3 is 2.95 bits per heavy atom. The number of aryl methyl sites for hydroxylation is 1. The minimum Gasteiger partial charge on any atom is -0.385 e. The summed E-state index contributed by atoms with van der Waals surface area (Å²) >= 11 is 0. The van der Waals surface area contributed by atoms with Crippen molar-refractivity contribution in [2.45, 2.75) is 44.4 Å². The van der Waals surface area contributed by atoms with E-state index in [1.165, 1.54) is 45.1 Å². The predicted molar refractivity (Wildman–Crippen MR) is 83.2 cm³/mol. The highest BCUT2D eigenvalue weighted by atomic mass is 16.5. The van der Waals surface area contributed by atoms with E-state index >= 15 is 0 Å². The van der Waals surface area contributed by atoms with Gasteiger partial charge in [-0.15, -0.1) is 0 Å². The molecule has 0 aromatic heterocycles. The topological polar surface area (TPSA) is 21.3 Å². The third-order valence-electron chi connectivity index (χ3n) is 5.18. The van der Waals surface area contributed by atoms with E-state index in [1.807, 2.05) is 7.11 Å². The van der Waals surface area contributed by atoms with Crippen molar-refractivity contribution >= 4 is 0 Å². The SMILES string of the molecule is COCCC1(CNCC2CCCc3ccccc32)CC1. The van der Waals surface area contributed by atoms with Crippen molar-refractivity contribution in [2.24, 2.45) is 5.41 Å². The highest BCUT2D eigenvalue weighted by Crippen LogP contribution is 2.48. The Bertz CT molecular complexity index is 439. The molecule has 1 aromatic carbocycles. The van der Waals surface area contributed by atoms with Gasteiger partial charge in [0, 0.05) is 26.8 Å². The standard InChI is InChI=1S/C18H27NO/c1-20-12-11-18(9-10-18)14-19-13-16-7-4-6-15-5-2-3-8-17(15)16/h2-3,5,8,16,19H,4,6-7,9-14H2,1H3. The summed E-state index contributed by atoms with van der Waals surface area (Å²) in [7, 11) is 1.81. The molecule has 2 aliphatic rings. The highest BCUT2D eigenvalue weighted by molar-refractivity contribution is 5.32. The average Bonchev–Trinajstić information content (AvgIpc) is 3.26. The molecule has 1 N–H and O–H groups in total. The van der Waals surface area contributed by atoms with E-state index in [2.05, 4.69) is 29.6 Å². The molecule has 110 valence electrons. The Labute approximate surface area is 122 Å². The molecule has 1 aromatic rings. The number of hydrogen-bond acceptors (Lipinski definition) is 2. The van der Waals surface area contributed by atoms with Gasteiger partial charge in [0.1, 0.15) is 0 Å². The first kappa shape index (κ1) is 14.1. The second-order valence-electron chi connectivity index (χ2n) is 6.66. The summed E-state index contributed by atoms with van der Waals surface area (Å²) in [5, 5.41) is 3.75. The molecule has 20 heavy (non-hydrogen) atoms. The zero-order valence-electron chi connectivity index (χ0n) is 12.7. The van der Waals surface area contributed by atoms with E-state index in [0.717, 1.165) is 19.1 Å². The van der Waals surface area contributed by atoms with Crippen LogP contribution >= 0.6 is 0 Å². The molecule has 1 atom stereocenters. The van der Waals surface area contributed by atoms with Crippen molar-refractivity contribution in [3.63, 3.8) is 0 Å². The van der Waals surface area contributed by atoms with Crippen LogP contribution in [-0.2, 0) is 11.2 Å². The van der Waals surface area contributed by atoms with Crippen LogP contribution in [0.15, 0.2) is 24.3 Å². The van der Waals surface area contributed by atoms with Crippen LogP contribution in [0.4, 0.5) is 0 Å². The maximum absolute atomic E-state index is 5.23. The van der Waals surface area contributed by atoms with Crippen LogP contribution in [0, 0.1) is 5.41 Å². The minimum atomic E-state index is 0.560. The molecule has 0 heterocycles. The molecule has 0 radical (unpaired) electrons. The molecular formula is C18H27NO. The molecule has 0 bridgehead atoms. The van der Waals surface area contributed by atoms with E-state index < -0.39 is 0 Å². The monoisotopic (exact) mass is 273 g/mol. The molecule has 0 saturated heterocycles. The summed E-state index contributed by atoms with van der Waals surface area (Å²) in [5.41, 5.74) is 3.73. The van der Waals surface area contributed by atoms with E-state index in [1.54, 1.807) is 11.1 Å². The van der Waals surface area contributed by atoms with Gasteiger partial charge in [0.05, 0.1) is 0 Å². The van der Waals surface area contributed by atoms with Crippen LogP contribution in [-0.4, -0.2) is 26.8 Å². The molecule has 1 unspecified atom stereocenters. The Balaban J connectivity index is 1.50. The first-order valence-corrected chi connectivity index (χ1v) is 8.10. The summed E-state index contributed by atoms with van der Waals surface area (Å²) in [6.07, 6.45) is 7.94. The van der Waals surface area contributed by atoms with E-state index in [-0.39, 0.29) is 0 Å². The predicted octanol–water partition coefficient (Wildman–Crippen LogP) is 3.51. The molecular weight excluding hydrogens is 246 g/mol. The summed E-state index contributed by atoms with van der Waals surface area (Å²) in [6, 6.07) is 9.01. The van der Waals surface area contributed by atoms with Gasteiger partial charge in [0.25, 0.3) is 0 Å². The van der Waals surface area contributed by atoms with Crippen molar-refractivity contribution in [3.8, 4) is 0 Å². The zero-order chi connectivity index (χ0) is 13.8. The second kappa shape index (κ2) is 6.28. The van der Waals surface area contributed by atoms with Crippen molar-refractivity contribution in [3.05, 3.63) is 35.4 Å². The largest absolute Gasteiger partial charge is 0.385 e. The molecule has 1 saturated carbocycles. The quantitative estimate of drug-likeness (QED) is 0.821. The van der Waals surface area contributed by atoms with E-state index in [0.29, 0.717) is 5.41 Å². The van der Waals surface area contributed by atoms with Crippen LogP contribution in [0.2, 0.25) is 0 Å². The first-order valence-electron chi connectivity index (χ1n) is 8.10. The first-order chi connectivity index (χ1) is 9.83. The van der Waals surface area contributed by atoms with Crippen molar-refractivity contribution in [2.75, 3.05) is 26.8 Å². The van der Waals surface area contributed by atoms with Crippen LogP contribution in [0.1, 0.15) is 49.1 Å². The third kappa shape index (κ3) is 3.24. The Kier molecular flexibility index (Phi) is 4.42. The lowest BCUT2D eigenvalue weighted by Crippen LogP contribution is -2.30. The van der Waals surface area contributed by atoms with Crippen molar-refractivity contribution in [1.82, 2.24) is 5.32 Å². The van der Waals surface area contributed by atoms with E-state index in [9.17, 15) is 0 Å². The van der Waals surface area contributed by atoms with Gasteiger partial charge < -0.3 is 10.1 Å². The van der Waals surface area contributed by atoms with Gasteiger partial charge >= 0.3 is 0 Å². The lowest BCUT2D eigenvalue weighted by atomic mass is 9.83. The molecule has 0 amide bonds. The summed E-state index contributed by atoms with van der Waals surface area (Å²) in [6.45, 7) is 3.23. The fraction of sp³-hybridized carbons (Fsp3) is 0.667. The van der Waals surface area contributed by atoms with Gasteiger partial charge in [-0.25, -0.2) is 0 Å². The minimum absolute atomic E-state index is 0.560. The fourth-order valence-electron chi connectivity index (χ4n) is 3.59. The van der Waals surface area contributed by atoms with Crippen LogP contribution in [0.25, 0.3) is 0 Å². The number of rotatable bonds is 7. The Hall–Kier alpha value is -0.860. The average molecular weight is 273 g/mol. The number of nitrogens with one attached hydrogen (secondary N) is 1. The molecule has 0 aliphatic heterocycles. The number of benzene rings is 1. The smallest absolute Gasteiger partial charge is 0.0468 e. The summed E-state index contributed by atoms with van der Waals surface area (Å²) < 4.78 is 5.23. The number of fused-ring (bicyclic) bond motifs is 1. The van der Waals surface area contributed by atoms with Gasteiger partial charge in [0.15, 0.2) is 0 Å². The summed E-state index contributed by atoms with van der Waals surface area (Å²) in [4.78, 5) is 0. The number of hydrogen-bond donors (Lipinski definition) is 1. The van der Waals surface area contributed by atoms with Crippen LogP contribution in [0.5, 0.6) is 0 Å². The Morgan fingerprint density at radius 1 is 1.30 bits per heavy atom. The van der Waals surface area contributed by atoms with Crippen molar-refractivity contribution < 1.29 is 4.74 Å². The lowest BCUT2D eigenvalue weighted by Gasteiger charge is -2.26. The number of methoxy groups -OCH3 is 1. The van der Waals surface area contributed by atoms with Gasteiger partial charge in [-0.2, -0.15) is 0 Å². The molecule has 2 aliphatic carbocycles. The third-order valence-corrected chi connectivity index (χ3v) is 5.18. The highest BCUT2D eigenvalue weighted by Gasteiger charge is 2.41. The van der Waals surface area contributed by atoms with Gasteiger partial charge in [-0.1, -0.05) is 24.3 Å². The van der Waals surface area contributed by atoms with Gasteiger partial charge in [-0.3, -0.25) is 0 Å². The van der Waals surface area contributed by atoms with Crippen molar-refractivity contribution in [1.29, 1.82) is 0 Å². The molecule has 3 rings (SSSR count). The molecule has 2 nitrogen and oxygen atoms in total. The number of ether oxygens (including phenoxy) is 1. The molecule has 0 spiro atoms. The lowest BCUT2D eigenvalue weighted by molar-refractivity contribution is 0.171. The normalized spacial score (nSPS) is 23.4. The summed E-state index contributed by atoms with van der Waals surface area (Å²) in [5.74, 6) is 0.721. The molecule has 1 fully saturated rings. The van der Waals surface area contributed by atoms with Crippen LogP contribution in [0.3, 0.4) is 0 Å². The Morgan fingerprint density at radius 2 is 2.15 bits per heavy atom. The maximum Gasteiger partial charge on any atom is 0.0468 e. The van der Waals surface area contributed by atoms with Gasteiger partial charge in [-0.05, 0) is 61.0 Å². The fourth-order valence-corrected chi connectivity index (χ4v) is 3.59. The van der Waals surface area contributed by atoms with Gasteiger partial charge in [0.2, 0.25) is 0 Å². The molecule has 2 heteroatoms. The van der Waals surface area contributed by atoms with Crippen LogP contribution < -0.4 is 5.32 Å². The zero-order valence-corrected chi connectivity index (χ0v) is 12.7.